The lowest BCUT2D eigenvalue weighted by Gasteiger charge is -1.97. The normalized spacial score (nSPS) is 27.8. The third-order valence-corrected chi connectivity index (χ3v) is 2.46. The number of allylic oxidation sites excluding steroid dienone is 6. The molecule has 0 amide bonds. The highest BCUT2D eigenvalue weighted by Gasteiger charge is 2.26. The van der Waals surface area contributed by atoms with Gasteiger partial charge < -0.3 is 0 Å². The highest BCUT2D eigenvalue weighted by atomic mass is 16.1. The third-order valence-electron chi connectivity index (χ3n) is 2.46. The van der Waals surface area contributed by atoms with Crippen molar-refractivity contribution in [1.29, 1.82) is 0 Å². The van der Waals surface area contributed by atoms with E-state index in [0.717, 1.165) is 18.4 Å². The standard InChI is InChI=1S/C11H12O/c1-8-7-9-5-3-2-4-6-10(9)11(8)12/h3-6,8H,2,7H2,1H3. The average molecular weight is 160 g/mol. The maximum absolute atomic E-state index is 11.5. The van der Waals surface area contributed by atoms with Crippen LogP contribution in [0.15, 0.2) is 35.5 Å². The molecule has 1 heteroatoms. The molecule has 1 nitrogen and oxygen atoms in total. The Labute approximate surface area is 72.5 Å². The summed E-state index contributed by atoms with van der Waals surface area (Å²) in [6, 6.07) is 0. The van der Waals surface area contributed by atoms with Gasteiger partial charge in [0.25, 0.3) is 0 Å². The summed E-state index contributed by atoms with van der Waals surface area (Å²) < 4.78 is 0. The van der Waals surface area contributed by atoms with Crippen LogP contribution in [0.3, 0.4) is 0 Å². The smallest absolute Gasteiger partial charge is 0.166 e. The van der Waals surface area contributed by atoms with E-state index in [0.29, 0.717) is 5.78 Å². The van der Waals surface area contributed by atoms with Crippen molar-refractivity contribution >= 4 is 5.78 Å². The van der Waals surface area contributed by atoms with Gasteiger partial charge in [0.15, 0.2) is 5.78 Å². The Morgan fingerprint density at radius 3 is 2.92 bits per heavy atom. The van der Waals surface area contributed by atoms with Gasteiger partial charge in [0.05, 0.1) is 0 Å². The number of carbonyl (C=O) groups is 1. The molecule has 0 aromatic carbocycles. The summed E-state index contributed by atoms with van der Waals surface area (Å²) in [5.41, 5.74) is 2.16. The second kappa shape index (κ2) is 2.74. The van der Waals surface area contributed by atoms with E-state index in [1.54, 1.807) is 0 Å². The zero-order valence-corrected chi connectivity index (χ0v) is 7.21. The first-order valence-electron chi connectivity index (χ1n) is 4.39. The first-order valence-corrected chi connectivity index (χ1v) is 4.39. The van der Waals surface area contributed by atoms with Gasteiger partial charge in [-0.15, -0.1) is 0 Å². The highest BCUT2D eigenvalue weighted by molar-refractivity contribution is 6.03. The Morgan fingerprint density at radius 2 is 2.08 bits per heavy atom. The number of hydrogen-bond donors (Lipinski definition) is 0. The number of carbonyl (C=O) groups excluding carboxylic acids is 1. The van der Waals surface area contributed by atoms with Gasteiger partial charge in [-0.1, -0.05) is 31.2 Å². The molecular weight excluding hydrogens is 148 g/mol. The molecule has 0 N–H and O–H groups in total. The quantitative estimate of drug-likeness (QED) is 0.532. The minimum Gasteiger partial charge on any atom is -0.294 e. The van der Waals surface area contributed by atoms with Crippen LogP contribution < -0.4 is 0 Å². The Hall–Kier alpha value is -1.11. The largest absolute Gasteiger partial charge is 0.294 e. The van der Waals surface area contributed by atoms with Gasteiger partial charge in [-0.2, -0.15) is 0 Å². The molecule has 0 aliphatic heterocycles. The van der Waals surface area contributed by atoms with Gasteiger partial charge in [-0.05, 0) is 18.4 Å². The summed E-state index contributed by atoms with van der Waals surface area (Å²) >= 11 is 0. The molecule has 0 saturated carbocycles. The summed E-state index contributed by atoms with van der Waals surface area (Å²) in [4.78, 5) is 11.5. The highest BCUT2D eigenvalue weighted by Crippen LogP contribution is 2.30. The molecule has 1 atom stereocenters. The molecule has 0 spiro atoms. The Morgan fingerprint density at radius 1 is 1.33 bits per heavy atom. The first kappa shape index (κ1) is 7.53. The van der Waals surface area contributed by atoms with Gasteiger partial charge >= 0.3 is 0 Å². The van der Waals surface area contributed by atoms with E-state index in [9.17, 15) is 4.79 Å². The molecule has 2 aliphatic rings. The van der Waals surface area contributed by atoms with Crippen molar-refractivity contribution in [1.82, 2.24) is 0 Å². The Bertz CT molecular complexity index is 305. The first-order chi connectivity index (χ1) is 5.79. The van der Waals surface area contributed by atoms with Crippen LogP contribution in [0.4, 0.5) is 0 Å². The van der Waals surface area contributed by atoms with Gasteiger partial charge in [0, 0.05) is 11.5 Å². The molecule has 0 heterocycles. The van der Waals surface area contributed by atoms with Crippen LogP contribution in [0.5, 0.6) is 0 Å². The molecule has 0 saturated heterocycles. The van der Waals surface area contributed by atoms with Crippen molar-refractivity contribution in [2.24, 2.45) is 5.92 Å². The molecule has 0 aromatic rings. The second-order valence-corrected chi connectivity index (χ2v) is 3.45. The molecule has 62 valence electrons. The summed E-state index contributed by atoms with van der Waals surface area (Å²) in [5, 5.41) is 0. The fourth-order valence-electron chi connectivity index (χ4n) is 1.78. The monoisotopic (exact) mass is 160 g/mol. The van der Waals surface area contributed by atoms with Crippen molar-refractivity contribution in [2.45, 2.75) is 19.8 Å². The predicted molar refractivity (Wildman–Crippen MR) is 48.7 cm³/mol. The van der Waals surface area contributed by atoms with Gasteiger partial charge in [-0.3, -0.25) is 4.79 Å². The Kier molecular flexibility index (Phi) is 1.72. The lowest BCUT2D eigenvalue weighted by molar-refractivity contribution is -0.117. The van der Waals surface area contributed by atoms with Crippen molar-refractivity contribution in [3.63, 3.8) is 0 Å². The zero-order valence-electron chi connectivity index (χ0n) is 7.21. The van der Waals surface area contributed by atoms with Crippen LogP contribution in [0.2, 0.25) is 0 Å². The van der Waals surface area contributed by atoms with Crippen molar-refractivity contribution in [3.8, 4) is 0 Å². The SMILES string of the molecule is CC1CC2=C(C=CCC=C2)C1=O. The van der Waals surface area contributed by atoms with Gasteiger partial charge in [-0.25, -0.2) is 0 Å². The number of hydrogen-bond acceptors (Lipinski definition) is 1. The lowest BCUT2D eigenvalue weighted by atomic mass is 10.1. The molecule has 1 unspecified atom stereocenters. The minimum absolute atomic E-state index is 0.197. The van der Waals surface area contributed by atoms with Gasteiger partial charge in [0.1, 0.15) is 0 Å². The fourth-order valence-corrected chi connectivity index (χ4v) is 1.78. The molecule has 0 fully saturated rings. The van der Waals surface area contributed by atoms with Crippen LogP contribution in [0.25, 0.3) is 0 Å². The average Bonchev–Trinajstić information content (AvgIpc) is 2.30. The van der Waals surface area contributed by atoms with Crippen LogP contribution in [0.1, 0.15) is 19.8 Å². The van der Waals surface area contributed by atoms with Crippen LogP contribution in [-0.2, 0) is 4.79 Å². The van der Waals surface area contributed by atoms with E-state index in [1.165, 1.54) is 5.57 Å². The number of rotatable bonds is 0. The maximum atomic E-state index is 11.5. The van der Waals surface area contributed by atoms with E-state index in [-0.39, 0.29) is 5.92 Å². The van der Waals surface area contributed by atoms with E-state index < -0.39 is 0 Å². The van der Waals surface area contributed by atoms with E-state index in [2.05, 4.69) is 18.2 Å². The Balaban J connectivity index is 2.41. The van der Waals surface area contributed by atoms with E-state index >= 15 is 0 Å². The third kappa shape index (κ3) is 1.06. The molecule has 0 aromatic heterocycles. The van der Waals surface area contributed by atoms with Crippen molar-refractivity contribution < 1.29 is 4.79 Å². The van der Waals surface area contributed by atoms with Crippen LogP contribution in [0, 0.1) is 5.92 Å². The van der Waals surface area contributed by atoms with E-state index in [4.69, 9.17) is 0 Å². The van der Waals surface area contributed by atoms with Crippen LogP contribution in [-0.4, -0.2) is 5.78 Å². The number of Topliss-reactive ketones (excluding diaryl/α,β-unsaturated/α-hetero) is 1. The predicted octanol–water partition coefficient (Wildman–Crippen LogP) is 2.41. The molecule has 0 bridgehead atoms. The van der Waals surface area contributed by atoms with Crippen molar-refractivity contribution in [2.75, 3.05) is 0 Å². The molecular formula is C11H12O. The maximum Gasteiger partial charge on any atom is 0.166 e. The summed E-state index contributed by atoms with van der Waals surface area (Å²) in [5.74, 6) is 0.509. The molecule has 0 radical (unpaired) electrons. The molecule has 12 heavy (non-hydrogen) atoms. The summed E-state index contributed by atoms with van der Waals surface area (Å²) in [7, 11) is 0. The molecule has 2 aliphatic carbocycles. The van der Waals surface area contributed by atoms with Gasteiger partial charge in [0.2, 0.25) is 0 Å². The fraction of sp³-hybridized carbons (Fsp3) is 0.364. The molecule has 2 rings (SSSR count). The van der Waals surface area contributed by atoms with Crippen LogP contribution >= 0.6 is 0 Å². The number of ketones is 1. The minimum atomic E-state index is 0.197. The zero-order chi connectivity index (χ0) is 8.55. The van der Waals surface area contributed by atoms with Crippen molar-refractivity contribution in [3.05, 3.63) is 35.5 Å². The lowest BCUT2D eigenvalue weighted by Crippen LogP contribution is -2.04. The topological polar surface area (TPSA) is 17.1 Å². The van der Waals surface area contributed by atoms with E-state index in [1.807, 2.05) is 13.0 Å². The summed E-state index contributed by atoms with van der Waals surface area (Å²) in [6.07, 6.45) is 10.1. The second-order valence-electron chi connectivity index (χ2n) is 3.45. The summed E-state index contributed by atoms with van der Waals surface area (Å²) in [6.45, 7) is 2.00.